The van der Waals surface area contributed by atoms with Gasteiger partial charge in [-0.1, -0.05) is 13.3 Å². The van der Waals surface area contributed by atoms with Crippen LogP contribution < -0.4 is 10.6 Å². The first kappa shape index (κ1) is 20.9. The van der Waals surface area contributed by atoms with Gasteiger partial charge >= 0.3 is 0 Å². The number of carbonyl (C=O) groups excluding carboxylic acids is 1. The van der Waals surface area contributed by atoms with Crippen molar-refractivity contribution in [2.24, 2.45) is 5.92 Å². The fourth-order valence-electron chi connectivity index (χ4n) is 3.43. The van der Waals surface area contributed by atoms with Crippen LogP contribution in [0.2, 0.25) is 0 Å². The fraction of sp³-hybridized carbons (Fsp3) is 0.938. The number of hydrogen-bond donors (Lipinski definition) is 6. The SMILES string of the molecule is CC[C@H]1CN[C@H](C(=O)N[C@@H]([C@H]2O[C@H](SC)[C@H](O)[C@@H](O)[C@H]2O)[C@@H](C)O)C1. The first-order valence-electron chi connectivity index (χ1n) is 8.74. The third-order valence-electron chi connectivity index (χ3n) is 5.14. The Bertz CT molecular complexity index is 452. The molecule has 1 amide bonds. The number of rotatable bonds is 6. The molecule has 146 valence electrons. The van der Waals surface area contributed by atoms with Crippen LogP contribution in [0.3, 0.4) is 0 Å². The second kappa shape index (κ2) is 8.98. The van der Waals surface area contributed by atoms with Crippen LogP contribution in [0.4, 0.5) is 0 Å². The second-order valence-electron chi connectivity index (χ2n) is 6.92. The zero-order chi connectivity index (χ0) is 18.7. The second-order valence-corrected chi connectivity index (χ2v) is 7.86. The summed E-state index contributed by atoms with van der Waals surface area (Å²) in [5.74, 6) is 0.175. The van der Waals surface area contributed by atoms with Crippen molar-refractivity contribution in [1.29, 1.82) is 0 Å². The lowest BCUT2D eigenvalue weighted by molar-refractivity contribution is -0.211. The molecular formula is C16H30N2O6S. The molecule has 0 radical (unpaired) electrons. The summed E-state index contributed by atoms with van der Waals surface area (Å²) in [6, 6.07) is -1.25. The topological polar surface area (TPSA) is 131 Å². The molecule has 2 rings (SSSR count). The van der Waals surface area contributed by atoms with E-state index in [-0.39, 0.29) is 11.9 Å². The van der Waals surface area contributed by atoms with E-state index in [2.05, 4.69) is 17.6 Å². The highest BCUT2D eigenvalue weighted by Gasteiger charge is 2.48. The van der Waals surface area contributed by atoms with Gasteiger partial charge in [-0.15, -0.1) is 11.8 Å². The Labute approximate surface area is 152 Å². The molecule has 25 heavy (non-hydrogen) atoms. The smallest absolute Gasteiger partial charge is 0.237 e. The van der Waals surface area contributed by atoms with Gasteiger partial charge in [-0.05, 0) is 32.1 Å². The summed E-state index contributed by atoms with van der Waals surface area (Å²) >= 11 is 1.19. The van der Waals surface area contributed by atoms with E-state index in [1.807, 2.05) is 0 Å². The largest absolute Gasteiger partial charge is 0.391 e. The fourth-order valence-corrected chi connectivity index (χ4v) is 4.11. The summed E-state index contributed by atoms with van der Waals surface area (Å²) in [4.78, 5) is 12.5. The average Bonchev–Trinajstić information content (AvgIpc) is 3.07. The monoisotopic (exact) mass is 378 g/mol. The lowest BCUT2D eigenvalue weighted by Crippen LogP contribution is -2.65. The molecule has 2 heterocycles. The van der Waals surface area contributed by atoms with Gasteiger partial charge in [-0.25, -0.2) is 0 Å². The lowest BCUT2D eigenvalue weighted by atomic mass is 9.92. The number of amides is 1. The Morgan fingerprint density at radius 2 is 2.00 bits per heavy atom. The first-order chi connectivity index (χ1) is 11.8. The molecule has 9 heteroatoms. The standard InChI is InChI=1S/C16H30N2O6S/c1-4-8-5-9(17-6-8)15(23)18-10(7(2)19)14-12(21)11(20)13(22)16(24-14)25-3/h7-14,16-17,19-22H,4-6H2,1-3H3,(H,18,23)/t7-,8-,9+,10-,11+,12-,13-,14-,16-/m1/s1. The van der Waals surface area contributed by atoms with E-state index in [1.54, 1.807) is 6.26 Å². The van der Waals surface area contributed by atoms with Gasteiger partial charge in [-0.3, -0.25) is 4.79 Å². The van der Waals surface area contributed by atoms with Crippen LogP contribution in [0.5, 0.6) is 0 Å². The van der Waals surface area contributed by atoms with Crippen molar-refractivity contribution in [3.05, 3.63) is 0 Å². The molecule has 0 aromatic rings. The Balaban J connectivity index is 2.07. The normalized spacial score (nSPS) is 41.3. The number of nitrogens with one attached hydrogen (secondary N) is 2. The van der Waals surface area contributed by atoms with Gasteiger partial charge in [0.1, 0.15) is 29.9 Å². The Morgan fingerprint density at radius 3 is 2.52 bits per heavy atom. The third kappa shape index (κ3) is 4.65. The molecular weight excluding hydrogens is 348 g/mol. The highest BCUT2D eigenvalue weighted by molar-refractivity contribution is 7.99. The Hall–Kier alpha value is -0.420. The van der Waals surface area contributed by atoms with E-state index < -0.39 is 42.0 Å². The van der Waals surface area contributed by atoms with E-state index in [4.69, 9.17) is 4.74 Å². The molecule has 0 aliphatic carbocycles. The van der Waals surface area contributed by atoms with Gasteiger partial charge in [0.05, 0.1) is 18.2 Å². The maximum atomic E-state index is 12.5. The number of thioether (sulfide) groups is 1. The van der Waals surface area contributed by atoms with Crippen molar-refractivity contribution >= 4 is 17.7 Å². The number of hydrogen-bond acceptors (Lipinski definition) is 8. The molecule has 6 N–H and O–H groups in total. The molecule has 0 saturated carbocycles. The molecule has 2 aliphatic rings. The molecule has 0 unspecified atom stereocenters. The molecule has 2 saturated heterocycles. The Morgan fingerprint density at radius 1 is 1.32 bits per heavy atom. The summed E-state index contributed by atoms with van der Waals surface area (Å²) in [7, 11) is 0. The minimum atomic E-state index is -1.42. The maximum Gasteiger partial charge on any atom is 0.237 e. The first-order valence-corrected chi connectivity index (χ1v) is 10.0. The van der Waals surface area contributed by atoms with Gasteiger partial charge < -0.3 is 35.8 Å². The molecule has 0 aromatic heterocycles. The number of carbonyl (C=O) groups is 1. The van der Waals surface area contributed by atoms with Crippen molar-refractivity contribution in [2.75, 3.05) is 12.8 Å². The summed E-state index contributed by atoms with van der Waals surface area (Å²) in [5.41, 5.74) is -0.754. The van der Waals surface area contributed by atoms with Gasteiger partial charge in [0.25, 0.3) is 0 Å². The molecule has 8 nitrogen and oxygen atoms in total. The predicted octanol–water partition coefficient (Wildman–Crippen LogP) is -1.59. The van der Waals surface area contributed by atoms with E-state index >= 15 is 0 Å². The summed E-state index contributed by atoms with van der Waals surface area (Å²) in [6.45, 7) is 4.34. The minimum absolute atomic E-state index is 0.265. The van der Waals surface area contributed by atoms with Crippen LogP contribution in [-0.2, 0) is 9.53 Å². The van der Waals surface area contributed by atoms with Crippen LogP contribution in [0.1, 0.15) is 26.7 Å². The van der Waals surface area contributed by atoms with Gasteiger partial charge in [0.2, 0.25) is 5.91 Å². The van der Waals surface area contributed by atoms with Crippen molar-refractivity contribution in [2.45, 2.75) is 74.7 Å². The van der Waals surface area contributed by atoms with Crippen LogP contribution in [0.25, 0.3) is 0 Å². The highest BCUT2D eigenvalue weighted by Crippen LogP contribution is 2.29. The summed E-state index contributed by atoms with van der Waals surface area (Å²) in [5, 5.41) is 46.3. The maximum absolute atomic E-state index is 12.5. The van der Waals surface area contributed by atoms with Gasteiger partial charge in [-0.2, -0.15) is 0 Å². The van der Waals surface area contributed by atoms with Gasteiger partial charge in [0.15, 0.2) is 0 Å². The number of aliphatic hydroxyl groups excluding tert-OH is 4. The van der Waals surface area contributed by atoms with Crippen molar-refractivity contribution in [3.8, 4) is 0 Å². The van der Waals surface area contributed by atoms with Gasteiger partial charge in [0, 0.05) is 0 Å². The third-order valence-corrected chi connectivity index (χ3v) is 5.99. The van der Waals surface area contributed by atoms with Crippen molar-refractivity contribution in [1.82, 2.24) is 10.6 Å². The van der Waals surface area contributed by atoms with E-state index in [1.165, 1.54) is 18.7 Å². The van der Waals surface area contributed by atoms with E-state index in [0.29, 0.717) is 5.92 Å². The summed E-state index contributed by atoms with van der Waals surface area (Å²) < 4.78 is 5.67. The zero-order valence-corrected chi connectivity index (χ0v) is 15.6. The minimum Gasteiger partial charge on any atom is -0.391 e. The van der Waals surface area contributed by atoms with Crippen molar-refractivity contribution in [3.63, 3.8) is 0 Å². The average molecular weight is 378 g/mol. The van der Waals surface area contributed by atoms with Crippen LogP contribution in [0.15, 0.2) is 0 Å². The quantitative estimate of drug-likeness (QED) is 0.326. The zero-order valence-electron chi connectivity index (χ0n) is 14.8. The molecule has 0 aromatic carbocycles. The molecule has 0 bridgehead atoms. The number of aliphatic hydroxyl groups is 4. The highest BCUT2D eigenvalue weighted by atomic mass is 32.2. The van der Waals surface area contributed by atoms with E-state index in [0.717, 1.165) is 19.4 Å². The van der Waals surface area contributed by atoms with Crippen LogP contribution in [-0.4, -0.2) is 87.2 Å². The van der Waals surface area contributed by atoms with Crippen LogP contribution in [0, 0.1) is 5.92 Å². The van der Waals surface area contributed by atoms with Crippen LogP contribution >= 0.6 is 11.8 Å². The van der Waals surface area contributed by atoms with E-state index in [9.17, 15) is 25.2 Å². The molecule has 0 spiro atoms. The predicted molar refractivity (Wildman–Crippen MR) is 94.0 cm³/mol. The van der Waals surface area contributed by atoms with Crippen molar-refractivity contribution < 1.29 is 30.0 Å². The molecule has 2 fully saturated rings. The Kier molecular flexibility index (Phi) is 7.51. The molecule has 2 aliphatic heterocycles. The molecule has 9 atom stereocenters. The number of ether oxygens (including phenoxy) is 1. The lowest BCUT2D eigenvalue weighted by Gasteiger charge is -2.44. The summed E-state index contributed by atoms with van der Waals surface area (Å²) in [6.07, 6.45) is -2.69.